The van der Waals surface area contributed by atoms with Crippen LogP contribution in [0.5, 0.6) is 5.75 Å². The minimum atomic E-state index is -3.60. The molecule has 4 rings (SSSR count). The number of amides is 1. The van der Waals surface area contributed by atoms with Crippen LogP contribution in [0.2, 0.25) is 0 Å². The lowest BCUT2D eigenvalue weighted by Crippen LogP contribution is -2.56. The molecule has 2 aliphatic rings. The summed E-state index contributed by atoms with van der Waals surface area (Å²) >= 11 is 0. The molecule has 0 saturated heterocycles. The summed E-state index contributed by atoms with van der Waals surface area (Å²) < 4.78 is 30.6. The Labute approximate surface area is 147 Å². The number of sulfone groups is 1. The zero-order valence-corrected chi connectivity index (χ0v) is 15.1. The summed E-state index contributed by atoms with van der Waals surface area (Å²) in [7, 11) is -2.02. The highest BCUT2D eigenvalue weighted by Crippen LogP contribution is 2.52. The van der Waals surface area contributed by atoms with Gasteiger partial charge in [-0.25, -0.2) is 8.42 Å². The number of para-hydroxylation sites is 1. The summed E-state index contributed by atoms with van der Waals surface area (Å²) in [6.45, 7) is 3.39. The number of anilines is 1. The predicted molar refractivity (Wildman–Crippen MR) is 94.6 cm³/mol. The van der Waals surface area contributed by atoms with E-state index in [9.17, 15) is 13.2 Å². The number of carbonyl (C=O) groups is 1. The number of nitrogens with zero attached hydrogens (tertiary/aromatic N) is 1. The van der Waals surface area contributed by atoms with Gasteiger partial charge in [-0.2, -0.15) is 0 Å². The van der Waals surface area contributed by atoms with Crippen molar-refractivity contribution in [2.75, 3.05) is 12.0 Å². The van der Waals surface area contributed by atoms with Crippen molar-refractivity contribution in [2.45, 2.75) is 36.0 Å². The number of fused-ring (bicyclic) bond motifs is 5. The molecule has 5 nitrogen and oxygen atoms in total. The van der Waals surface area contributed by atoms with Crippen LogP contribution in [0.4, 0.5) is 5.69 Å². The highest BCUT2D eigenvalue weighted by Gasteiger charge is 2.55. The number of hydrogen-bond donors (Lipinski definition) is 0. The van der Waals surface area contributed by atoms with E-state index in [1.54, 1.807) is 50.1 Å². The lowest BCUT2D eigenvalue weighted by molar-refractivity contribution is -0.119. The summed E-state index contributed by atoms with van der Waals surface area (Å²) in [5.41, 5.74) is 2.16. The van der Waals surface area contributed by atoms with Crippen molar-refractivity contribution in [3.8, 4) is 5.75 Å². The maximum Gasteiger partial charge on any atom is 0.232 e. The van der Waals surface area contributed by atoms with E-state index < -0.39 is 20.6 Å². The van der Waals surface area contributed by atoms with E-state index in [2.05, 4.69) is 0 Å². The molecule has 0 bridgehead atoms. The Hall–Kier alpha value is -2.34. The molecular formula is C19H19NO4S. The van der Waals surface area contributed by atoms with Crippen LogP contribution in [0, 0.1) is 0 Å². The van der Waals surface area contributed by atoms with Gasteiger partial charge in [-0.15, -0.1) is 0 Å². The van der Waals surface area contributed by atoms with Crippen molar-refractivity contribution in [2.24, 2.45) is 0 Å². The van der Waals surface area contributed by atoms with E-state index in [1.165, 1.54) is 0 Å². The Balaban J connectivity index is 2.04. The van der Waals surface area contributed by atoms with E-state index in [4.69, 9.17) is 4.74 Å². The van der Waals surface area contributed by atoms with E-state index in [-0.39, 0.29) is 17.2 Å². The third-order valence-electron chi connectivity index (χ3n) is 5.28. The molecule has 0 aliphatic carbocycles. The van der Waals surface area contributed by atoms with Crippen molar-refractivity contribution >= 4 is 21.4 Å². The van der Waals surface area contributed by atoms with Crippen molar-refractivity contribution in [3.63, 3.8) is 0 Å². The SMILES string of the molecule is COc1ccc2c(c1)CC(=O)N1c3ccccc3S(=O)(=O)C(C)(C)C21. The Kier molecular flexibility index (Phi) is 3.28. The Bertz CT molecular complexity index is 994. The van der Waals surface area contributed by atoms with Gasteiger partial charge in [0.2, 0.25) is 5.91 Å². The second-order valence-electron chi connectivity index (χ2n) is 6.98. The van der Waals surface area contributed by atoms with Gasteiger partial charge in [-0.3, -0.25) is 4.79 Å². The molecule has 0 fully saturated rings. The molecule has 2 heterocycles. The molecule has 2 aromatic carbocycles. The van der Waals surface area contributed by atoms with Crippen LogP contribution in [0.25, 0.3) is 0 Å². The van der Waals surface area contributed by atoms with Crippen molar-refractivity contribution in [3.05, 3.63) is 53.6 Å². The van der Waals surface area contributed by atoms with E-state index in [0.717, 1.165) is 11.1 Å². The Morgan fingerprint density at radius 3 is 2.60 bits per heavy atom. The molecule has 0 spiro atoms. The average Bonchev–Trinajstić information content (AvgIpc) is 2.58. The third kappa shape index (κ3) is 2.00. The molecule has 0 aromatic heterocycles. The molecule has 1 atom stereocenters. The van der Waals surface area contributed by atoms with Crippen molar-refractivity contribution < 1.29 is 17.9 Å². The van der Waals surface area contributed by atoms with Gasteiger partial charge < -0.3 is 9.64 Å². The van der Waals surface area contributed by atoms with E-state index in [0.29, 0.717) is 11.4 Å². The van der Waals surface area contributed by atoms with E-state index >= 15 is 0 Å². The number of carbonyl (C=O) groups excluding carboxylic acids is 1. The minimum Gasteiger partial charge on any atom is -0.497 e. The average molecular weight is 357 g/mol. The predicted octanol–water partition coefficient (Wildman–Crippen LogP) is 2.89. The molecule has 25 heavy (non-hydrogen) atoms. The first-order chi connectivity index (χ1) is 11.8. The second kappa shape index (κ2) is 5.08. The Morgan fingerprint density at radius 2 is 1.88 bits per heavy atom. The molecule has 0 saturated carbocycles. The Morgan fingerprint density at radius 1 is 1.16 bits per heavy atom. The molecule has 0 radical (unpaired) electrons. The van der Waals surface area contributed by atoms with Crippen LogP contribution in [0.3, 0.4) is 0 Å². The van der Waals surface area contributed by atoms with Gasteiger partial charge in [0, 0.05) is 0 Å². The lowest BCUT2D eigenvalue weighted by Gasteiger charge is -2.49. The molecule has 0 N–H and O–H groups in total. The van der Waals surface area contributed by atoms with Gasteiger partial charge in [0.15, 0.2) is 9.84 Å². The number of ether oxygens (including phenoxy) is 1. The summed E-state index contributed by atoms with van der Waals surface area (Å²) in [5.74, 6) is 0.568. The summed E-state index contributed by atoms with van der Waals surface area (Å²) in [6, 6.07) is 11.7. The van der Waals surface area contributed by atoms with Crippen LogP contribution in [0.1, 0.15) is 31.0 Å². The zero-order valence-electron chi connectivity index (χ0n) is 14.3. The van der Waals surface area contributed by atoms with Gasteiger partial charge in [-0.1, -0.05) is 18.2 Å². The number of methoxy groups -OCH3 is 1. The molecule has 130 valence electrons. The fraction of sp³-hybridized carbons (Fsp3) is 0.316. The smallest absolute Gasteiger partial charge is 0.232 e. The highest BCUT2D eigenvalue weighted by atomic mass is 32.2. The summed E-state index contributed by atoms with van der Waals surface area (Å²) in [4.78, 5) is 14.8. The first-order valence-electron chi connectivity index (χ1n) is 8.11. The van der Waals surface area contributed by atoms with Crippen molar-refractivity contribution in [1.29, 1.82) is 0 Å². The molecular weight excluding hydrogens is 338 g/mol. The largest absolute Gasteiger partial charge is 0.497 e. The van der Waals surface area contributed by atoms with Gasteiger partial charge in [-0.05, 0) is 49.2 Å². The zero-order chi connectivity index (χ0) is 18.0. The van der Waals surface area contributed by atoms with Gasteiger partial charge >= 0.3 is 0 Å². The highest BCUT2D eigenvalue weighted by molar-refractivity contribution is 7.93. The van der Waals surface area contributed by atoms with Crippen LogP contribution in [-0.4, -0.2) is 26.2 Å². The van der Waals surface area contributed by atoms with Crippen LogP contribution >= 0.6 is 0 Å². The number of benzene rings is 2. The maximum atomic E-state index is 13.3. The quantitative estimate of drug-likeness (QED) is 0.787. The fourth-order valence-electron chi connectivity index (χ4n) is 3.93. The molecule has 6 heteroatoms. The standard InChI is InChI=1S/C19H19NO4S/c1-19(2)18-14-9-8-13(24-3)10-12(14)11-17(21)20(18)15-6-4-5-7-16(15)25(19,22)23/h4-10,18H,11H2,1-3H3. The lowest BCUT2D eigenvalue weighted by atomic mass is 9.84. The van der Waals surface area contributed by atoms with Crippen LogP contribution < -0.4 is 9.64 Å². The van der Waals surface area contributed by atoms with Crippen LogP contribution in [-0.2, 0) is 21.1 Å². The van der Waals surface area contributed by atoms with Crippen molar-refractivity contribution in [1.82, 2.24) is 0 Å². The maximum absolute atomic E-state index is 13.3. The van der Waals surface area contributed by atoms with E-state index in [1.807, 2.05) is 18.2 Å². The monoisotopic (exact) mass is 357 g/mol. The molecule has 2 aromatic rings. The van der Waals surface area contributed by atoms with Gasteiger partial charge in [0.25, 0.3) is 0 Å². The second-order valence-corrected chi connectivity index (χ2v) is 9.48. The molecule has 1 unspecified atom stereocenters. The number of hydrogen-bond acceptors (Lipinski definition) is 4. The number of rotatable bonds is 1. The van der Waals surface area contributed by atoms with Gasteiger partial charge in [0.1, 0.15) is 5.75 Å². The topological polar surface area (TPSA) is 63.7 Å². The normalized spacial score (nSPS) is 22.6. The first kappa shape index (κ1) is 16.1. The minimum absolute atomic E-state index is 0.0961. The fourth-order valence-corrected chi connectivity index (χ4v) is 5.73. The summed E-state index contributed by atoms with van der Waals surface area (Å²) in [5, 5.41) is 0. The molecule has 2 aliphatic heterocycles. The summed E-state index contributed by atoms with van der Waals surface area (Å²) in [6.07, 6.45) is 0.230. The first-order valence-corrected chi connectivity index (χ1v) is 9.60. The van der Waals surface area contributed by atoms with Gasteiger partial charge in [0.05, 0.1) is 34.9 Å². The van der Waals surface area contributed by atoms with Crippen LogP contribution in [0.15, 0.2) is 47.4 Å². The third-order valence-corrected chi connectivity index (χ3v) is 7.81. The molecule has 1 amide bonds.